The lowest BCUT2D eigenvalue weighted by Crippen LogP contribution is -2.49. The molecule has 0 aromatic rings. The Hall–Kier alpha value is -1.65. The summed E-state index contributed by atoms with van der Waals surface area (Å²) in [6.45, 7) is 5.05. The molecule has 0 bridgehead atoms. The number of nitrogens with two attached hydrogens (primary N) is 1. The highest BCUT2D eigenvalue weighted by atomic mass is 16.5. The SMILES string of the molecule is CN1C=C(C(N)=O)CC=C1CN1CCN(CC(O)O)CCN(CC(O)O)CCN(CC(O)O)CC1. The standard InChI is InChI=1S/C22H42N6O7/c1-24-12-17(22(23)35)2-3-18(24)13-25-4-6-26(14-19(29)30)8-10-28(16-21(33)34)11-9-27(7-5-25)15-20(31)32/h3,12,19-21,29-34H,2,4-11,13-16H2,1H3,(H2,23,35). The summed E-state index contributed by atoms with van der Waals surface area (Å²) in [5.74, 6) is -0.447. The molecule has 0 aromatic carbocycles. The van der Waals surface area contributed by atoms with Gasteiger partial charge in [-0.25, -0.2) is 0 Å². The Morgan fingerprint density at radius 2 is 1.14 bits per heavy atom. The molecule has 35 heavy (non-hydrogen) atoms. The van der Waals surface area contributed by atoms with Gasteiger partial charge in [-0.15, -0.1) is 0 Å². The summed E-state index contributed by atoms with van der Waals surface area (Å²) in [5.41, 5.74) is 6.95. The lowest BCUT2D eigenvalue weighted by atomic mass is 10.1. The molecule has 0 saturated carbocycles. The predicted octanol–water partition coefficient (Wildman–Crippen LogP) is -4.27. The number of carbonyl (C=O) groups is 1. The molecule has 2 aliphatic rings. The Balaban J connectivity index is 2.14. The molecule has 0 unspecified atom stereocenters. The molecule has 0 spiro atoms. The average Bonchev–Trinajstić information content (AvgIpc) is 2.75. The van der Waals surface area contributed by atoms with Crippen LogP contribution in [-0.2, 0) is 4.79 Å². The first-order valence-corrected chi connectivity index (χ1v) is 11.9. The van der Waals surface area contributed by atoms with Crippen LogP contribution in [0, 0.1) is 0 Å². The number of hydrogen-bond acceptors (Lipinski definition) is 12. The predicted molar refractivity (Wildman–Crippen MR) is 128 cm³/mol. The molecule has 0 atom stereocenters. The fourth-order valence-corrected chi connectivity index (χ4v) is 4.29. The minimum atomic E-state index is -1.50. The van der Waals surface area contributed by atoms with Crippen molar-refractivity contribution in [2.45, 2.75) is 25.3 Å². The molecular formula is C22H42N6O7. The highest BCUT2D eigenvalue weighted by Crippen LogP contribution is 2.18. The zero-order valence-corrected chi connectivity index (χ0v) is 20.5. The molecule has 1 fully saturated rings. The molecule has 0 radical (unpaired) electrons. The number of primary amides is 1. The van der Waals surface area contributed by atoms with Crippen LogP contribution in [-0.4, -0.2) is 166 Å². The Morgan fingerprint density at radius 1 is 0.771 bits per heavy atom. The Kier molecular flexibility index (Phi) is 12.5. The van der Waals surface area contributed by atoms with Gasteiger partial charge in [0.25, 0.3) is 0 Å². The summed E-state index contributed by atoms with van der Waals surface area (Å²) in [7, 11) is 1.86. The van der Waals surface area contributed by atoms with Crippen molar-refractivity contribution in [2.75, 3.05) is 85.6 Å². The Bertz CT molecular complexity index is 692. The van der Waals surface area contributed by atoms with Crippen molar-refractivity contribution in [3.05, 3.63) is 23.5 Å². The smallest absolute Gasteiger partial charge is 0.246 e. The molecule has 13 heteroatoms. The molecule has 0 aromatic heterocycles. The average molecular weight is 503 g/mol. The minimum absolute atomic E-state index is 0.0401. The topological polar surface area (TPSA) is 181 Å². The van der Waals surface area contributed by atoms with Crippen molar-refractivity contribution in [3.8, 4) is 0 Å². The third-order valence-corrected chi connectivity index (χ3v) is 6.26. The van der Waals surface area contributed by atoms with Gasteiger partial charge in [0.1, 0.15) is 0 Å². The van der Waals surface area contributed by atoms with Crippen molar-refractivity contribution in [1.82, 2.24) is 24.5 Å². The van der Waals surface area contributed by atoms with Gasteiger partial charge in [-0.3, -0.25) is 24.4 Å². The van der Waals surface area contributed by atoms with Gasteiger partial charge in [-0.1, -0.05) is 6.08 Å². The number of aliphatic hydroxyl groups excluding tert-OH is 3. The van der Waals surface area contributed by atoms with E-state index in [4.69, 9.17) is 5.73 Å². The van der Waals surface area contributed by atoms with E-state index in [-0.39, 0.29) is 19.6 Å². The van der Waals surface area contributed by atoms with Crippen LogP contribution in [0.3, 0.4) is 0 Å². The van der Waals surface area contributed by atoms with Crippen LogP contribution in [0.4, 0.5) is 0 Å². The van der Waals surface area contributed by atoms with E-state index in [2.05, 4.69) is 4.90 Å². The first-order valence-electron chi connectivity index (χ1n) is 11.9. The molecule has 8 N–H and O–H groups in total. The molecule has 2 heterocycles. The summed E-state index contributed by atoms with van der Waals surface area (Å²) in [6.07, 6.45) is -0.309. The minimum Gasteiger partial charge on any atom is -0.367 e. The number of carbonyl (C=O) groups excluding carboxylic acids is 1. The quantitative estimate of drug-likeness (QED) is 0.151. The van der Waals surface area contributed by atoms with Crippen molar-refractivity contribution in [1.29, 1.82) is 0 Å². The molecule has 1 saturated heterocycles. The van der Waals surface area contributed by atoms with E-state index < -0.39 is 24.8 Å². The normalized spacial score (nSPS) is 21.3. The first kappa shape index (κ1) is 29.6. The summed E-state index contributed by atoms with van der Waals surface area (Å²) >= 11 is 0. The fourth-order valence-electron chi connectivity index (χ4n) is 4.29. The molecule has 1 amide bonds. The van der Waals surface area contributed by atoms with Crippen molar-refractivity contribution in [3.63, 3.8) is 0 Å². The first-order chi connectivity index (χ1) is 16.5. The molecule has 202 valence electrons. The molecule has 2 rings (SSSR count). The van der Waals surface area contributed by atoms with Crippen LogP contribution in [0.2, 0.25) is 0 Å². The van der Waals surface area contributed by atoms with Gasteiger partial charge >= 0.3 is 0 Å². The monoisotopic (exact) mass is 502 g/mol. The number of aliphatic hydroxyl groups is 6. The lowest BCUT2D eigenvalue weighted by molar-refractivity contribution is -0.114. The summed E-state index contributed by atoms with van der Waals surface area (Å²) < 4.78 is 0. The van der Waals surface area contributed by atoms with Crippen LogP contribution >= 0.6 is 0 Å². The van der Waals surface area contributed by atoms with Crippen LogP contribution in [0.25, 0.3) is 0 Å². The molecule has 0 aliphatic carbocycles. The summed E-state index contributed by atoms with van der Waals surface area (Å²) in [4.78, 5) is 21.3. The van der Waals surface area contributed by atoms with E-state index in [9.17, 15) is 35.4 Å². The van der Waals surface area contributed by atoms with Gasteiger partial charge in [0.2, 0.25) is 5.91 Å². The van der Waals surface area contributed by atoms with Gasteiger partial charge in [0, 0.05) is 103 Å². The maximum atomic E-state index is 11.5. The van der Waals surface area contributed by atoms with Gasteiger partial charge in [-0.05, 0) is 6.42 Å². The van der Waals surface area contributed by atoms with E-state index in [1.165, 1.54) is 0 Å². The number of amides is 1. The fraction of sp³-hybridized carbons (Fsp3) is 0.773. The van der Waals surface area contributed by atoms with Gasteiger partial charge in [-0.2, -0.15) is 0 Å². The van der Waals surface area contributed by atoms with E-state index >= 15 is 0 Å². The van der Waals surface area contributed by atoms with Gasteiger partial charge in [0.15, 0.2) is 18.9 Å². The largest absolute Gasteiger partial charge is 0.367 e. The molecular weight excluding hydrogens is 460 g/mol. The lowest BCUT2D eigenvalue weighted by Gasteiger charge is -2.36. The second-order valence-electron chi connectivity index (χ2n) is 9.15. The number of β-amino-alcohol motifs (C(OH)–C–C–N with tert-alkyl or cyclic N) is 6. The molecule has 13 nitrogen and oxygen atoms in total. The zero-order chi connectivity index (χ0) is 26.0. The summed E-state index contributed by atoms with van der Waals surface area (Å²) in [6, 6.07) is 0. The second-order valence-corrected chi connectivity index (χ2v) is 9.15. The number of nitrogens with zero attached hydrogens (tertiary/aromatic N) is 5. The second kappa shape index (κ2) is 14.8. The Labute approximate surface area is 206 Å². The van der Waals surface area contributed by atoms with E-state index in [0.717, 1.165) is 5.70 Å². The number of hydrogen-bond donors (Lipinski definition) is 7. The third-order valence-electron chi connectivity index (χ3n) is 6.26. The van der Waals surface area contributed by atoms with Crippen molar-refractivity contribution >= 4 is 5.91 Å². The summed E-state index contributed by atoms with van der Waals surface area (Å²) in [5, 5.41) is 57.1. The highest BCUT2D eigenvalue weighted by Gasteiger charge is 2.21. The van der Waals surface area contributed by atoms with Crippen LogP contribution in [0.15, 0.2) is 23.5 Å². The maximum absolute atomic E-state index is 11.5. The van der Waals surface area contributed by atoms with Gasteiger partial charge < -0.3 is 41.3 Å². The van der Waals surface area contributed by atoms with E-state index in [1.54, 1.807) is 6.20 Å². The number of rotatable bonds is 9. The van der Waals surface area contributed by atoms with Crippen molar-refractivity contribution < 1.29 is 35.4 Å². The Morgan fingerprint density at radius 3 is 1.46 bits per heavy atom. The van der Waals surface area contributed by atoms with Crippen LogP contribution in [0.5, 0.6) is 0 Å². The van der Waals surface area contributed by atoms with Crippen LogP contribution < -0.4 is 5.73 Å². The maximum Gasteiger partial charge on any atom is 0.246 e. The van der Waals surface area contributed by atoms with Gasteiger partial charge in [0.05, 0.1) is 0 Å². The third kappa shape index (κ3) is 11.3. The highest BCUT2D eigenvalue weighted by molar-refractivity contribution is 5.92. The molecule has 2 aliphatic heterocycles. The van der Waals surface area contributed by atoms with Crippen LogP contribution in [0.1, 0.15) is 6.42 Å². The number of likely N-dealkylation sites (N-methyl/N-ethyl adjacent to an activating group) is 1. The number of allylic oxidation sites excluding steroid dienone is 1. The van der Waals surface area contributed by atoms with Crippen molar-refractivity contribution in [2.24, 2.45) is 5.73 Å². The van der Waals surface area contributed by atoms with E-state index in [0.29, 0.717) is 70.9 Å². The van der Waals surface area contributed by atoms with E-state index in [1.807, 2.05) is 32.7 Å². The zero-order valence-electron chi connectivity index (χ0n) is 20.5.